The summed E-state index contributed by atoms with van der Waals surface area (Å²) in [5, 5.41) is 0. The summed E-state index contributed by atoms with van der Waals surface area (Å²) >= 11 is 0. The zero-order chi connectivity index (χ0) is 12.0. The molecule has 1 aromatic carbocycles. The van der Waals surface area contributed by atoms with Gasteiger partial charge in [-0.1, -0.05) is 0 Å². The van der Waals surface area contributed by atoms with Gasteiger partial charge in [-0.05, 0) is 0 Å². The van der Waals surface area contributed by atoms with Crippen LogP contribution >= 0.6 is 0 Å². The lowest BCUT2D eigenvalue weighted by molar-refractivity contribution is 0.383. The Kier molecular flexibility index (Phi) is 2.80. The molecule has 0 radical (unpaired) electrons. The van der Waals surface area contributed by atoms with Gasteiger partial charge in [-0.25, -0.2) is 22.0 Å². The first-order chi connectivity index (χ1) is 6.68. The van der Waals surface area contributed by atoms with E-state index >= 15 is 0 Å². The van der Waals surface area contributed by atoms with Crippen LogP contribution in [0.4, 0.5) is 22.0 Å². The zero-order valence-electron chi connectivity index (χ0n) is 8.47. The average Bonchev–Trinajstić information content (AvgIpc) is 2.09. The van der Waals surface area contributed by atoms with Crippen LogP contribution in [0.25, 0.3) is 0 Å². The van der Waals surface area contributed by atoms with Crippen LogP contribution in [0.5, 0.6) is 0 Å². The van der Waals surface area contributed by atoms with E-state index in [1.54, 1.807) is 0 Å². The monoisotopic (exact) mass is 223 g/mol. The summed E-state index contributed by atoms with van der Waals surface area (Å²) in [6.07, 6.45) is -1.80. The summed E-state index contributed by atoms with van der Waals surface area (Å²) in [6.45, 7) is 4.29. The summed E-state index contributed by atoms with van der Waals surface area (Å²) in [6, 6.07) is 0. The molecule has 1 aromatic rings. The van der Waals surface area contributed by atoms with Crippen molar-refractivity contribution >= 4 is 11.6 Å². The number of hydrogen-bond acceptors (Lipinski definition) is 0. The Morgan fingerprint density at radius 3 is 1.13 bits per heavy atom. The minimum Gasteiger partial charge on any atom is -0.207 e. The molecule has 6 heteroatoms. The maximum Gasteiger partial charge on any atom is 0.200 e. The molecule has 0 aromatic heterocycles. The minimum atomic E-state index is -2.12. The Morgan fingerprint density at radius 2 is 0.867 bits per heavy atom. The second-order valence-electron chi connectivity index (χ2n) is 4.58. The summed E-state index contributed by atoms with van der Waals surface area (Å²) in [5.41, 5.74) is -0.730. The van der Waals surface area contributed by atoms with Gasteiger partial charge in [-0.2, -0.15) is 20.5 Å². The summed E-state index contributed by atoms with van der Waals surface area (Å²) in [4.78, 5) is 0. The fourth-order valence-corrected chi connectivity index (χ4v) is 1.38. The van der Waals surface area contributed by atoms with E-state index in [-0.39, 0.29) is 0 Å². The molecule has 0 unspecified atom stereocenters. The Balaban J connectivity index is 3.68. The first kappa shape index (κ1) is 12.0. The average molecular weight is 223 g/mol. The quantitative estimate of drug-likeness (QED) is 0.297. The van der Waals surface area contributed by atoms with Crippen molar-refractivity contribution in [3.63, 3.8) is 0 Å². The standard InChI is InChI=1S/C9H9BF5/c1-10(2,3)4-5(11)7(13)9(15)8(14)6(4)12/h1-3H3/q-1. The number of benzene rings is 1. The van der Waals surface area contributed by atoms with Crippen molar-refractivity contribution in [3.05, 3.63) is 29.1 Å². The smallest absolute Gasteiger partial charge is 0.200 e. The second-order valence-corrected chi connectivity index (χ2v) is 4.58. The molecule has 0 aliphatic heterocycles. The first-order valence-corrected chi connectivity index (χ1v) is 4.47. The maximum absolute atomic E-state index is 13.2. The van der Waals surface area contributed by atoms with E-state index in [4.69, 9.17) is 0 Å². The Labute approximate surface area is 84.0 Å². The van der Waals surface area contributed by atoms with E-state index < -0.39 is 40.7 Å². The van der Waals surface area contributed by atoms with Crippen molar-refractivity contribution < 1.29 is 22.0 Å². The molecule has 0 N–H and O–H groups in total. The molecule has 0 atom stereocenters. The molecular weight excluding hydrogens is 214 g/mol. The van der Waals surface area contributed by atoms with Crippen LogP contribution in [0.3, 0.4) is 0 Å². The van der Waals surface area contributed by atoms with E-state index in [0.717, 1.165) is 0 Å². The molecule has 0 amide bonds. The van der Waals surface area contributed by atoms with Crippen LogP contribution in [0.1, 0.15) is 0 Å². The number of hydrogen-bond donors (Lipinski definition) is 0. The number of halogens is 5. The summed E-state index contributed by atoms with van der Waals surface area (Å²) in [7, 11) is 0. The van der Waals surface area contributed by atoms with Gasteiger partial charge in [-0.15, -0.1) is 5.46 Å². The van der Waals surface area contributed by atoms with Crippen LogP contribution in [0, 0.1) is 29.1 Å². The Bertz CT molecular complexity index is 379. The lowest BCUT2D eigenvalue weighted by Crippen LogP contribution is -2.44. The molecule has 0 bridgehead atoms. The molecule has 0 saturated carbocycles. The fourth-order valence-electron chi connectivity index (χ4n) is 1.38. The van der Waals surface area contributed by atoms with E-state index in [1.807, 2.05) is 0 Å². The van der Waals surface area contributed by atoms with Gasteiger partial charge in [0.05, 0.1) is 0 Å². The van der Waals surface area contributed by atoms with Crippen molar-refractivity contribution in [1.82, 2.24) is 0 Å². The van der Waals surface area contributed by atoms with Crippen molar-refractivity contribution in [2.45, 2.75) is 20.5 Å². The third-order valence-electron chi connectivity index (χ3n) is 2.11. The van der Waals surface area contributed by atoms with Gasteiger partial charge < -0.3 is 0 Å². The molecule has 0 fully saturated rings. The highest BCUT2D eigenvalue weighted by molar-refractivity contribution is 6.88. The van der Waals surface area contributed by atoms with Gasteiger partial charge in [0.1, 0.15) is 11.6 Å². The molecule has 0 saturated heterocycles. The van der Waals surface area contributed by atoms with Crippen molar-refractivity contribution in [2.75, 3.05) is 0 Å². The van der Waals surface area contributed by atoms with Crippen molar-refractivity contribution in [1.29, 1.82) is 0 Å². The fraction of sp³-hybridized carbons (Fsp3) is 0.333. The first-order valence-electron chi connectivity index (χ1n) is 4.47. The molecule has 15 heavy (non-hydrogen) atoms. The predicted molar refractivity (Wildman–Crippen MR) is 49.2 cm³/mol. The van der Waals surface area contributed by atoms with Crippen LogP contribution in [-0.4, -0.2) is 6.15 Å². The third kappa shape index (κ3) is 1.85. The van der Waals surface area contributed by atoms with E-state index in [0.29, 0.717) is 0 Å². The maximum atomic E-state index is 13.2. The normalized spacial score (nSPS) is 12.0. The minimum absolute atomic E-state index is 0.730. The molecule has 1 rings (SSSR count). The Hall–Kier alpha value is -1.07. The largest absolute Gasteiger partial charge is 0.207 e. The molecule has 0 spiro atoms. The molecule has 84 valence electrons. The van der Waals surface area contributed by atoms with Crippen molar-refractivity contribution in [3.8, 4) is 0 Å². The van der Waals surface area contributed by atoms with Gasteiger partial charge in [0.25, 0.3) is 0 Å². The van der Waals surface area contributed by atoms with Crippen LogP contribution in [-0.2, 0) is 0 Å². The highest BCUT2D eigenvalue weighted by Gasteiger charge is 2.27. The zero-order valence-corrected chi connectivity index (χ0v) is 8.47. The molecule has 0 aliphatic carbocycles. The summed E-state index contributed by atoms with van der Waals surface area (Å²) in [5.74, 6) is -9.37. The van der Waals surface area contributed by atoms with E-state index in [9.17, 15) is 22.0 Å². The molecule has 0 aliphatic rings. The van der Waals surface area contributed by atoms with Gasteiger partial charge in [0, 0.05) is 6.15 Å². The van der Waals surface area contributed by atoms with Gasteiger partial charge in [0.2, 0.25) is 0 Å². The predicted octanol–water partition coefficient (Wildman–Crippen LogP) is 2.93. The number of rotatable bonds is 1. The van der Waals surface area contributed by atoms with Crippen LogP contribution < -0.4 is 5.46 Å². The topological polar surface area (TPSA) is 0 Å². The lowest BCUT2D eigenvalue weighted by atomic mass is 9.26. The second kappa shape index (κ2) is 3.50. The molecule has 0 heterocycles. The van der Waals surface area contributed by atoms with Crippen molar-refractivity contribution in [2.24, 2.45) is 0 Å². The Morgan fingerprint density at radius 1 is 0.600 bits per heavy atom. The van der Waals surface area contributed by atoms with Gasteiger partial charge >= 0.3 is 0 Å². The van der Waals surface area contributed by atoms with Gasteiger partial charge in [0.15, 0.2) is 17.5 Å². The third-order valence-corrected chi connectivity index (χ3v) is 2.11. The van der Waals surface area contributed by atoms with Crippen LogP contribution in [0.15, 0.2) is 0 Å². The molecular formula is C9H9BF5-. The highest BCUT2D eigenvalue weighted by Crippen LogP contribution is 2.19. The lowest BCUT2D eigenvalue weighted by Gasteiger charge is -2.26. The van der Waals surface area contributed by atoms with Gasteiger partial charge in [-0.3, -0.25) is 0 Å². The molecule has 0 nitrogen and oxygen atoms in total. The van der Waals surface area contributed by atoms with E-state index in [1.165, 1.54) is 20.5 Å². The SMILES string of the molecule is C[B-](C)(C)c1c(F)c(F)c(F)c(F)c1F. The van der Waals surface area contributed by atoms with Crippen LogP contribution in [0.2, 0.25) is 20.5 Å². The highest BCUT2D eigenvalue weighted by atomic mass is 19.2. The van der Waals surface area contributed by atoms with E-state index in [2.05, 4.69) is 0 Å². The summed E-state index contributed by atoms with van der Waals surface area (Å²) < 4.78 is 64.6.